The van der Waals surface area contributed by atoms with Gasteiger partial charge in [0.15, 0.2) is 0 Å². The van der Waals surface area contributed by atoms with Crippen LogP contribution in [0.5, 0.6) is 0 Å². The summed E-state index contributed by atoms with van der Waals surface area (Å²) in [7, 11) is 0. The fourth-order valence-corrected chi connectivity index (χ4v) is 11.6. The van der Waals surface area contributed by atoms with E-state index in [4.69, 9.17) is 0 Å². The van der Waals surface area contributed by atoms with Crippen molar-refractivity contribution in [1.29, 1.82) is 0 Å². The average Bonchev–Trinajstić information content (AvgIpc) is 3.91. The lowest BCUT2D eigenvalue weighted by atomic mass is 9.84. The predicted molar refractivity (Wildman–Crippen MR) is 284 cm³/mol. The highest BCUT2D eigenvalue weighted by Gasteiger charge is 2.26. The number of hydrogen-bond donors (Lipinski definition) is 0. The second-order valence-corrected chi connectivity index (χ2v) is 17.8. The van der Waals surface area contributed by atoms with Gasteiger partial charge in [0, 0.05) is 0 Å². The van der Waals surface area contributed by atoms with Crippen LogP contribution in [0.4, 0.5) is 0 Å². The molecule has 0 atom stereocenters. The minimum Gasteiger partial charge on any atom is -0.0622 e. The van der Waals surface area contributed by atoms with E-state index in [2.05, 4.69) is 243 Å². The molecule has 0 aliphatic rings. The molecule has 0 aromatic heterocycles. The molecule has 14 aromatic rings. The van der Waals surface area contributed by atoms with Gasteiger partial charge < -0.3 is 0 Å². The van der Waals surface area contributed by atoms with E-state index < -0.39 is 0 Å². The second kappa shape index (κ2) is 14.5. The largest absolute Gasteiger partial charge is 0.0622 e. The Balaban J connectivity index is 1.11. The maximum absolute atomic E-state index is 2.52. The molecule has 0 aliphatic carbocycles. The van der Waals surface area contributed by atoms with Gasteiger partial charge in [-0.05, 0) is 154 Å². The van der Waals surface area contributed by atoms with Crippen LogP contribution in [0.2, 0.25) is 0 Å². The first kappa shape index (κ1) is 36.9. The molecule has 0 saturated carbocycles. The smallest absolute Gasteiger partial charge is 0.00137 e. The zero-order valence-electron chi connectivity index (χ0n) is 36.1. The number of fused-ring (bicyclic) bond motifs is 9. The van der Waals surface area contributed by atoms with Gasteiger partial charge in [0.25, 0.3) is 0 Å². The third-order valence-electron chi connectivity index (χ3n) is 14.4. The fourth-order valence-electron chi connectivity index (χ4n) is 11.6. The van der Waals surface area contributed by atoms with Gasteiger partial charge >= 0.3 is 0 Å². The van der Waals surface area contributed by atoms with Crippen molar-refractivity contribution >= 4 is 75.4 Å². The van der Waals surface area contributed by atoms with Crippen molar-refractivity contribution in [2.75, 3.05) is 0 Å². The van der Waals surface area contributed by atoms with Crippen LogP contribution in [0.25, 0.3) is 142 Å². The molecule has 0 saturated heterocycles. The molecule has 0 spiro atoms. The topological polar surface area (TPSA) is 0 Å². The molecule has 0 heteroatoms. The molecule has 0 unspecified atom stereocenters. The molecule has 304 valence electrons. The van der Waals surface area contributed by atoms with Gasteiger partial charge in [-0.1, -0.05) is 231 Å². The van der Waals surface area contributed by atoms with Crippen LogP contribution in [0.15, 0.2) is 243 Å². The maximum Gasteiger partial charge on any atom is -0.00137 e. The Hall–Kier alpha value is -8.58. The van der Waals surface area contributed by atoms with Crippen LogP contribution >= 0.6 is 0 Å². The van der Waals surface area contributed by atoms with Crippen molar-refractivity contribution in [2.24, 2.45) is 0 Å². The van der Waals surface area contributed by atoms with Gasteiger partial charge in [-0.3, -0.25) is 0 Å². The van der Waals surface area contributed by atoms with Crippen LogP contribution in [0, 0.1) is 0 Å². The summed E-state index contributed by atoms with van der Waals surface area (Å²) in [6.45, 7) is 0. The summed E-state index contributed by atoms with van der Waals surface area (Å²) >= 11 is 0. The van der Waals surface area contributed by atoms with Crippen molar-refractivity contribution in [3.63, 3.8) is 0 Å². The van der Waals surface area contributed by atoms with E-state index in [1.54, 1.807) is 0 Å². The van der Waals surface area contributed by atoms with Crippen molar-refractivity contribution in [1.82, 2.24) is 0 Å². The Labute approximate surface area is 383 Å². The lowest BCUT2D eigenvalue weighted by Crippen LogP contribution is -1.92. The maximum atomic E-state index is 2.52. The van der Waals surface area contributed by atoms with E-state index in [9.17, 15) is 0 Å². The molecule has 0 fully saturated rings. The van der Waals surface area contributed by atoms with E-state index in [0.29, 0.717) is 0 Å². The second-order valence-electron chi connectivity index (χ2n) is 17.8. The summed E-state index contributed by atoms with van der Waals surface area (Å²) in [5, 5.41) is 18.3. The number of benzene rings is 12. The highest BCUT2D eigenvalue weighted by Crippen LogP contribution is 2.54. The first-order valence-electron chi connectivity index (χ1n) is 23.0. The van der Waals surface area contributed by atoms with Gasteiger partial charge in [0.05, 0.1) is 0 Å². The van der Waals surface area contributed by atoms with E-state index in [1.165, 1.54) is 142 Å². The summed E-state index contributed by atoms with van der Waals surface area (Å²) in [4.78, 5) is 0. The van der Waals surface area contributed by atoms with Gasteiger partial charge in [0.2, 0.25) is 0 Å². The van der Waals surface area contributed by atoms with Crippen molar-refractivity contribution in [3.8, 4) is 66.8 Å². The average molecular weight is 833 g/mol. The third-order valence-corrected chi connectivity index (χ3v) is 14.4. The van der Waals surface area contributed by atoms with Crippen LogP contribution < -0.4 is 0 Å². The molecule has 66 heavy (non-hydrogen) atoms. The van der Waals surface area contributed by atoms with Crippen molar-refractivity contribution in [2.45, 2.75) is 0 Å². The SMILES string of the molecule is c1ccc(-c2cccc(-c3ccccc3)c2-c2ccc3c4cc5c6ccccc6c6c(-c7c(-c8ccccc8)cccc7-c7ccccc7)ccc(c4cc4c7ccccc7c2c34)c56)cc1. The number of rotatable bonds is 6. The van der Waals surface area contributed by atoms with E-state index in [0.717, 1.165) is 0 Å². The zero-order valence-corrected chi connectivity index (χ0v) is 36.1. The molecule has 0 aliphatic heterocycles. The minimum atomic E-state index is 1.22. The predicted octanol–water partition coefficient (Wildman–Crippen LogP) is 18.6. The van der Waals surface area contributed by atoms with Gasteiger partial charge in [0.1, 0.15) is 0 Å². The van der Waals surface area contributed by atoms with Gasteiger partial charge in [-0.2, -0.15) is 0 Å². The van der Waals surface area contributed by atoms with E-state index >= 15 is 0 Å². The fraction of sp³-hybridized carbons (Fsp3) is 0. The summed E-state index contributed by atoms with van der Waals surface area (Å²) < 4.78 is 0. The number of hydrogen-bond acceptors (Lipinski definition) is 0. The molecular formula is C66H40. The molecule has 0 bridgehead atoms. The first-order chi connectivity index (χ1) is 32.8. The Morgan fingerprint density at radius 2 is 0.439 bits per heavy atom. The quantitative estimate of drug-likeness (QED) is 0.146. The van der Waals surface area contributed by atoms with Crippen LogP contribution in [0.1, 0.15) is 0 Å². The summed E-state index contributed by atoms with van der Waals surface area (Å²) in [5.41, 5.74) is 14.9. The third kappa shape index (κ3) is 5.33. The van der Waals surface area contributed by atoms with Crippen LogP contribution in [-0.2, 0) is 0 Å². The standard InChI is InChI=1S/C66H40/c1-5-19-41(20-6-1)45-31-17-32-46(42-21-7-2-8-22-42)61(45)55-37-35-53-57-40-60-50-28-14-16-30-52(50)64-56(62-47(43-23-9-3-10-24-43)33-18-34-48(62)44-25-11-4-12-26-44)38-36-54(66(60)64)58(57)39-59-49-27-13-15-29-51(49)63(55)65(53)59/h1-40H. The van der Waals surface area contributed by atoms with Crippen LogP contribution in [-0.4, -0.2) is 0 Å². The summed E-state index contributed by atoms with van der Waals surface area (Å²) in [6.07, 6.45) is 0. The van der Waals surface area contributed by atoms with Crippen molar-refractivity contribution < 1.29 is 0 Å². The highest BCUT2D eigenvalue weighted by molar-refractivity contribution is 6.43. The normalized spacial score (nSPS) is 11.9. The van der Waals surface area contributed by atoms with Crippen LogP contribution in [0.3, 0.4) is 0 Å². The molecular weight excluding hydrogens is 793 g/mol. The molecule has 0 amide bonds. The monoisotopic (exact) mass is 832 g/mol. The van der Waals surface area contributed by atoms with Crippen molar-refractivity contribution in [3.05, 3.63) is 243 Å². The molecule has 0 nitrogen and oxygen atoms in total. The van der Waals surface area contributed by atoms with E-state index in [-0.39, 0.29) is 0 Å². The molecule has 14 rings (SSSR count). The minimum absolute atomic E-state index is 1.22. The molecule has 0 heterocycles. The summed E-state index contributed by atoms with van der Waals surface area (Å²) in [5.74, 6) is 0. The van der Waals surface area contributed by atoms with Gasteiger partial charge in [-0.25, -0.2) is 0 Å². The molecule has 14 aromatic carbocycles. The Bertz CT molecular complexity index is 3780. The lowest BCUT2D eigenvalue weighted by Gasteiger charge is -2.19. The van der Waals surface area contributed by atoms with E-state index in [1.807, 2.05) is 0 Å². The van der Waals surface area contributed by atoms with Gasteiger partial charge in [-0.15, -0.1) is 0 Å². The lowest BCUT2D eigenvalue weighted by molar-refractivity contribution is 1.58. The molecule has 0 radical (unpaired) electrons. The Morgan fingerprint density at radius 1 is 0.152 bits per heavy atom. The Kier molecular flexibility index (Phi) is 8.08. The first-order valence-corrected chi connectivity index (χ1v) is 23.0. The molecule has 0 N–H and O–H groups in total. The zero-order chi connectivity index (χ0) is 43.3. The Morgan fingerprint density at radius 3 is 0.773 bits per heavy atom. The highest BCUT2D eigenvalue weighted by atomic mass is 14.3. The summed E-state index contributed by atoms with van der Waals surface area (Å²) in [6, 6.07) is 90.2.